The van der Waals surface area contributed by atoms with Crippen LogP contribution in [0.2, 0.25) is 5.02 Å². The van der Waals surface area contributed by atoms with Crippen molar-refractivity contribution in [1.82, 2.24) is 34.9 Å². The van der Waals surface area contributed by atoms with Gasteiger partial charge in [-0.3, -0.25) is 19.7 Å². The first-order chi connectivity index (χ1) is 24.8. The summed E-state index contributed by atoms with van der Waals surface area (Å²) in [6.07, 6.45) is 8.42. The van der Waals surface area contributed by atoms with E-state index in [1.165, 1.54) is 5.56 Å². The molecule has 0 unspecified atom stereocenters. The van der Waals surface area contributed by atoms with Gasteiger partial charge in [-0.1, -0.05) is 29.8 Å². The number of aromatic nitrogens is 5. The van der Waals surface area contributed by atoms with E-state index in [0.29, 0.717) is 58.3 Å². The topological polar surface area (TPSA) is 125 Å². The fourth-order valence-electron chi connectivity index (χ4n) is 7.75. The van der Waals surface area contributed by atoms with Crippen molar-refractivity contribution in [3.63, 3.8) is 0 Å². The molecule has 3 aliphatic rings. The van der Waals surface area contributed by atoms with E-state index in [1.54, 1.807) is 15.8 Å². The Kier molecular flexibility index (Phi) is 9.12. The molecular weight excluding hydrogens is 666 g/mol. The zero-order valence-electron chi connectivity index (χ0n) is 28.9. The second kappa shape index (κ2) is 14.0. The molecule has 0 atom stereocenters. The maximum Gasteiger partial charge on any atom is 0.328 e. The van der Waals surface area contributed by atoms with Crippen LogP contribution >= 0.6 is 11.6 Å². The second-order valence-electron chi connectivity index (χ2n) is 14.0. The van der Waals surface area contributed by atoms with Crippen LogP contribution in [0.1, 0.15) is 49.3 Å². The minimum atomic E-state index is -0.342. The average molecular weight is 708 g/mol. The van der Waals surface area contributed by atoms with E-state index in [2.05, 4.69) is 59.4 Å². The molecule has 12 nitrogen and oxygen atoms in total. The molecule has 0 saturated carbocycles. The first kappa shape index (κ1) is 33.2. The van der Waals surface area contributed by atoms with Crippen molar-refractivity contribution in [1.29, 1.82) is 0 Å². The maximum absolute atomic E-state index is 12.4. The van der Waals surface area contributed by atoms with E-state index < -0.39 is 0 Å². The third-order valence-electron chi connectivity index (χ3n) is 10.5. The van der Waals surface area contributed by atoms with Crippen LogP contribution in [0, 0.1) is 12.8 Å². The molecule has 3 amide bonds. The lowest BCUT2D eigenvalue weighted by Gasteiger charge is -2.38. The summed E-state index contributed by atoms with van der Waals surface area (Å²) in [5.74, 6) is 2.89. The molecule has 0 bridgehead atoms. The van der Waals surface area contributed by atoms with Gasteiger partial charge in [0.15, 0.2) is 11.4 Å². The van der Waals surface area contributed by atoms with E-state index in [0.717, 1.165) is 81.0 Å². The van der Waals surface area contributed by atoms with Gasteiger partial charge in [0.05, 0.1) is 17.5 Å². The van der Waals surface area contributed by atoms with E-state index in [4.69, 9.17) is 16.3 Å². The number of rotatable bonds is 8. The number of carbonyl (C=O) groups is 2. The molecule has 6 heterocycles. The number of fused-ring (bicyclic) bond motifs is 1. The molecule has 3 saturated heterocycles. The number of imide groups is 1. The first-order valence-corrected chi connectivity index (χ1v) is 18.2. The quantitative estimate of drug-likeness (QED) is 0.184. The number of hydrogen-bond donors (Lipinski definition) is 2. The number of piperidine rings is 2. The zero-order valence-corrected chi connectivity index (χ0v) is 29.7. The van der Waals surface area contributed by atoms with Gasteiger partial charge in [0.25, 0.3) is 0 Å². The zero-order chi connectivity index (χ0) is 35.1. The molecular formula is C38H42ClN9O3. The molecule has 264 valence electrons. The summed E-state index contributed by atoms with van der Waals surface area (Å²) in [6, 6.07) is 16.2. The minimum absolute atomic E-state index is 0.213. The number of amides is 3. The molecule has 0 radical (unpaired) electrons. The highest BCUT2D eigenvalue weighted by Gasteiger charge is 2.28. The lowest BCUT2D eigenvalue weighted by Crippen LogP contribution is -2.49. The van der Waals surface area contributed by atoms with Crippen molar-refractivity contribution < 1.29 is 14.3 Å². The third kappa shape index (κ3) is 7.02. The summed E-state index contributed by atoms with van der Waals surface area (Å²) in [7, 11) is 1.89. The molecule has 3 fully saturated rings. The molecule has 5 aromatic rings. The van der Waals surface area contributed by atoms with E-state index in [-0.39, 0.29) is 11.9 Å². The van der Waals surface area contributed by atoms with Gasteiger partial charge >= 0.3 is 6.03 Å². The highest BCUT2D eigenvalue weighted by atomic mass is 35.5. The molecule has 2 N–H and O–H groups in total. The van der Waals surface area contributed by atoms with Gasteiger partial charge in [0.1, 0.15) is 22.1 Å². The van der Waals surface area contributed by atoms with E-state index >= 15 is 0 Å². The van der Waals surface area contributed by atoms with Crippen LogP contribution in [0.25, 0.3) is 22.6 Å². The number of carbonyl (C=O) groups excluding carboxylic acids is 2. The Balaban J connectivity index is 0.830. The average Bonchev–Trinajstić information content (AvgIpc) is 3.72. The predicted molar refractivity (Wildman–Crippen MR) is 198 cm³/mol. The lowest BCUT2D eigenvalue weighted by molar-refractivity contribution is -0.120. The largest absolute Gasteiger partial charge is 0.453 e. The Morgan fingerprint density at radius 2 is 1.73 bits per heavy atom. The van der Waals surface area contributed by atoms with Gasteiger partial charge in [-0.2, -0.15) is 5.10 Å². The highest BCUT2D eigenvalue weighted by Crippen LogP contribution is 2.37. The summed E-state index contributed by atoms with van der Waals surface area (Å²) in [6.45, 7) is 7.73. The second-order valence-corrected chi connectivity index (χ2v) is 14.4. The number of likely N-dealkylation sites (tertiary alicyclic amines) is 1. The normalized spacial score (nSPS) is 18.1. The van der Waals surface area contributed by atoms with Crippen molar-refractivity contribution in [3.05, 3.63) is 77.2 Å². The Hall–Kier alpha value is -4.94. The molecule has 0 spiro atoms. The number of benzene rings is 2. The van der Waals surface area contributed by atoms with Crippen LogP contribution in [0.15, 0.2) is 60.9 Å². The number of hydrogen-bond acceptors (Lipinski definition) is 8. The molecule has 3 aromatic heterocycles. The number of anilines is 2. The van der Waals surface area contributed by atoms with Crippen molar-refractivity contribution in [2.75, 3.05) is 49.1 Å². The Morgan fingerprint density at radius 1 is 0.961 bits per heavy atom. The number of imidazole rings is 1. The summed E-state index contributed by atoms with van der Waals surface area (Å²) in [4.78, 5) is 43.1. The number of aromatic amines is 1. The molecule has 0 aliphatic carbocycles. The van der Waals surface area contributed by atoms with Crippen molar-refractivity contribution >= 4 is 46.1 Å². The van der Waals surface area contributed by atoms with Gasteiger partial charge < -0.3 is 19.5 Å². The van der Waals surface area contributed by atoms with Crippen molar-refractivity contribution in [2.45, 2.75) is 44.9 Å². The Bertz CT molecular complexity index is 2060. The van der Waals surface area contributed by atoms with Crippen LogP contribution < -0.4 is 19.9 Å². The number of nitrogens with one attached hydrogen (secondary N) is 2. The molecule has 3 aliphatic heterocycles. The maximum atomic E-state index is 12.4. The molecule has 13 heteroatoms. The van der Waals surface area contributed by atoms with Crippen LogP contribution in [0.3, 0.4) is 0 Å². The minimum Gasteiger partial charge on any atom is -0.453 e. The van der Waals surface area contributed by atoms with Crippen molar-refractivity contribution in [2.24, 2.45) is 13.0 Å². The van der Waals surface area contributed by atoms with E-state index in [1.807, 2.05) is 44.4 Å². The van der Waals surface area contributed by atoms with Gasteiger partial charge in [-0.15, -0.1) is 0 Å². The van der Waals surface area contributed by atoms with Crippen LogP contribution in [-0.2, 0) is 11.8 Å². The van der Waals surface area contributed by atoms with Crippen LogP contribution in [0.5, 0.6) is 11.5 Å². The van der Waals surface area contributed by atoms with Gasteiger partial charge in [-0.05, 0) is 93.4 Å². The molecule has 51 heavy (non-hydrogen) atoms. The van der Waals surface area contributed by atoms with Gasteiger partial charge in [0, 0.05) is 57.2 Å². The number of nitrogens with zero attached hydrogens (tertiary/aromatic N) is 7. The number of urea groups is 1. The number of ether oxygens (including phenoxy) is 1. The highest BCUT2D eigenvalue weighted by molar-refractivity contribution is 6.32. The van der Waals surface area contributed by atoms with Crippen LogP contribution in [0.4, 0.5) is 16.2 Å². The fraction of sp³-hybridized carbons (Fsp3) is 0.395. The molecule has 2 aromatic carbocycles. The molecule has 8 rings (SSSR count). The summed E-state index contributed by atoms with van der Waals surface area (Å²) in [5.41, 5.74) is 6.29. The van der Waals surface area contributed by atoms with Gasteiger partial charge in [0.2, 0.25) is 5.91 Å². The number of H-pyrrole nitrogens is 1. The van der Waals surface area contributed by atoms with E-state index in [9.17, 15) is 9.59 Å². The summed E-state index contributed by atoms with van der Waals surface area (Å²) >= 11 is 6.57. The van der Waals surface area contributed by atoms with Crippen molar-refractivity contribution in [3.8, 4) is 22.9 Å². The smallest absolute Gasteiger partial charge is 0.328 e. The Morgan fingerprint density at radius 3 is 2.45 bits per heavy atom. The summed E-state index contributed by atoms with van der Waals surface area (Å²) in [5, 5.41) is 7.27. The predicted octanol–water partition coefficient (Wildman–Crippen LogP) is 6.65. The first-order valence-electron chi connectivity index (χ1n) is 17.8. The fourth-order valence-corrected chi connectivity index (χ4v) is 7.93. The standard InChI is InChI=1S/C38H42ClN9O3/c1-24-31(23-45(2)44-24)36-42-34-35(32(39)21-40-37(34)43-36)51-30-8-6-26(7-9-30)27-12-15-46(16-13-27)22-25-10-17-47(18-11-25)28-4-3-5-29(20-28)48-19-14-33(49)41-38(48)50/h3-9,20-21,23,25,27H,10-19,22H2,1-2H3,(H,40,42,43)(H,41,49,50). The number of pyridine rings is 1. The monoisotopic (exact) mass is 707 g/mol. The SMILES string of the molecule is Cc1nn(C)cc1-c1nc2ncc(Cl)c(Oc3ccc(C4CCN(CC5CCN(c6cccc(N7CCC(=O)NC7=O)c6)CC5)CC4)cc3)c2[nH]1. The number of aryl methyl sites for hydroxylation is 2. The Labute approximate surface area is 301 Å². The number of halogens is 1. The third-order valence-corrected chi connectivity index (χ3v) is 10.8. The van der Waals surface area contributed by atoms with Crippen LogP contribution in [-0.4, -0.2) is 80.8 Å². The summed E-state index contributed by atoms with van der Waals surface area (Å²) < 4.78 is 8.09. The van der Waals surface area contributed by atoms with Gasteiger partial charge in [-0.25, -0.2) is 14.8 Å². The lowest BCUT2D eigenvalue weighted by atomic mass is 9.88.